The SMILES string of the molecule is COC(C)(C)CC(=O)N(C)C1CCCNC1. The molecule has 1 fully saturated rings. The van der Waals surface area contributed by atoms with E-state index in [2.05, 4.69) is 5.32 Å². The van der Waals surface area contributed by atoms with Crippen LogP contribution in [0.15, 0.2) is 0 Å². The van der Waals surface area contributed by atoms with Gasteiger partial charge in [0.1, 0.15) is 0 Å². The fourth-order valence-electron chi connectivity index (χ4n) is 1.93. The van der Waals surface area contributed by atoms with Crippen LogP contribution in [0, 0.1) is 0 Å². The first-order chi connectivity index (χ1) is 7.46. The summed E-state index contributed by atoms with van der Waals surface area (Å²) in [6, 6.07) is 0.342. The van der Waals surface area contributed by atoms with Gasteiger partial charge in [0.05, 0.1) is 12.0 Å². The highest BCUT2D eigenvalue weighted by Crippen LogP contribution is 2.17. The molecule has 1 rings (SSSR count). The first-order valence-corrected chi connectivity index (χ1v) is 5.98. The molecule has 0 spiro atoms. The minimum atomic E-state index is -0.368. The Morgan fingerprint density at radius 2 is 2.25 bits per heavy atom. The number of rotatable bonds is 4. The minimum Gasteiger partial charge on any atom is -0.378 e. The highest BCUT2D eigenvalue weighted by molar-refractivity contribution is 5.77. The van der Waals surface area contributed by atoms with Gasteiger partial charge in [0.15, 0.2) is 0 Å². The number of nitrogens with one attached hydrogen (secondary N) is 1. The molecular formula is C12H24N2O2. The number of likely N-dealkylation sites (N-methyl/N-ethyl adjacent to an activating group) is 1. The molecule has 4 heteroatoms. The zero-order valence-electron chi connectivity index (χ0n) is 10.9. The van der Waals surface area contributed by atoms with E-state index in [4.69, 9.17) is 4.74 Å². The number of carbonyl (C=O) groups is 1. The normalized spacial score (nSPS) is 21.9. The van der Waals surface area contributed by atoms with Crippen LogP contribution in [-0.4, -0.2) is 49.7 Å². The maximum Gasteiger partial charge on any atom is 0.225 e. The summed E-state index contributed by atoms with van der Waals surface area (Å²) >= 11 is 0. The van der Waals surface area contributed by atoms with Crippen LogP contribution in [0.1, 0.15) is 33.1 Å². The highest BCUT2D eigenvalue weighted by atomic mass is 16.5. The Kier molecular flexibility index (Phi) is 4.74. The number of carbonyl (C=O) groups excluding carboxylic acids is 1. The average molecular weight is 228 g/mol. The van der Waals surface area contributed by atoms with Gasteiger partial charge in [-0.25, -0.2) is 0 Å². The molecule has 1 atom stereocenters. The van der Waals surface area contributed by atoms with Gasteiger partial charge in [-0.3, -0.25) is 4.79 Å². The molecular weight excluding hydrogens is 204 g/mol. The molecule has 1 unspecified atom stereocenters. The monoisotopic (exact) mass is 228 g/mol. The van der Waals surface area contributed by atoms with E-state index in [-0.39, 0.29) is 11.5 Å². The molecule has 16 heavy (non-hydrogen) atoms. The van der Waals surface area contributed by atoms with Crippen LogP contribution in [0.4, 0.5) is 0 Å². The lowest BCUT2D eigenvalue weighted by molar-refractivity contribution is -0.137. The zero-order chi connectivity index (χ0) is 12.2. The Morgan fingerprint density at radius 3 is 2.75 bits per heavy atom. The summed E-state index contributed by atoms with van der Waals surface area (Å²) in [4.78, 5) is 13.9. The summed E-state index contributed by atoms with van der Waals surface area (Å²) in [5.74, 6) is 0.167. The fraction of sp³-hybridized carbons (Fsp3) is 0.917. The smallest absolute Gasteiger partial charge is 0.225 e. The maximum atomic E-state index is 12.0. The Balaban J connectivity index is 2.46. The van der Waals surface area contributed by atoms with Gasteiger partial charge in [0, 0.05) is 26.7 Å². The standard InChI is InChI=1S/C12H24N2O2/c1-12(2,16-4)8-11(15)14(3)10-6-5-7-13-9-10/h10,13H,5-9H2,1-4H3. The third kappa shape index (κ3) is 3.76. The minimum absolute atomic E-state index is 0.167. The highest BCUT2D eigenvalue weighted by Gasteiger charge is 2.27. The number of ether oxygens (including phenoxy) is 1. The first kappa shape index (κ1) is 13.5. The third-order valence-corrected chi connectivity index (χ3v) is 3.34. The van der Waals surface area contributed by atoms with Crippen molar-refractivity contribution in [2.75, 3.05) is 27.2 Å². The fourth-order valence-corrected chi connectivity index (χ4v) is 1.93. The molecule has 0 aromatic heterocycles. The molecule has 1 amide bonds. The zero-order valence-corrected chi connectivity index (χ0v) is 10.9. The predicted molar refractivity (Wildman–Crippen MR) is 64.4 cm³/mol. The van der Waals surface area contributed by atoms with E-state index < -0.39 is 0 Å². The van der Waals surface area contributed by atoms with E-state index in [0.717, 1.165) is 25.9 Å². The van der Waals surface area contributed by atoms with Crippen LogP contribution in [-0.2, 0) is 9.53 Å². The summed E-state index contributed by atoms with van der Waals surface area (Å²) in [7, 11) is 3.54. The Bertz CT molecular complexity index is 235. The van der Waals surface area contributed by atoms with Gasteiger partial charge >= 0.3 is 0 Å². The molecule has 4 nitrogen and oxygen atoms in total. The van der Waals surface area contributed by atoms with E-state index in [1.54, 1.807) is 7.11 Å². The van der Waals surface area contributed by atoms with E-state index >= 15 is 0 Å². The van der Waals surface area contributed by atoms with Crippen molar-refractivity contribution in [1.29, 1.82) is 0 Å². The molecule has 0 aliphatic carbocycles. The molecule has 0 aromatic carbocycles. The Labute approximate surface area is 98.3 Å². The Morgan fingerprint density at radius 1 is 1.56 bits per heavy atom. The number of nitrogens with zero attached hydrogens (tertiary/aromatic N) is 1. The number of hydrogen-bond donors (Lipinski definition) is 1. The summed E-state index contributed by atoms with van der Waals surface area (Å²) in [6.45, 7) is 5.87. The van der Waals surface area contributed by atoms with Crippen molar-refractivity contribution in [3.8, 4) is 0 Å². The van der Waals surface area contributed by atoms with Crippen molar-refractivity contribution < 1.29 is 9.53 Å². The van der Waals surface area contributed by atoms with E-state index in [9.17, 15) is 4.79 Å². The van der Waals surface area contributed by atoms with Crippen LogP contribution in [0.5, 0.6) is 0 Å². The van der Waals surface area contributed by atoms with Gasteiger partial charge in [-0.1, -0.05) is 0 Å². The van der Waals surface area contributed by atoms with Crippen LogP contribution >= 0.6 is 0 Å². The number of amides is 1. The number of piperidine rings is 1. The molecule has 0 saturated carbocycles. The van der Waals surface area contributed by atoms with Crippen LogP contribution in [0.25, 0.3) is 0 Å². The summed E-state index contributed by atoms with van der Waals surface area (Å²) in [5.41, 5.74) is -0.368. The first-order valence-electron chi connectivity index (χ1n) is 5.98. The maximum absolute atomic E-state index is 12.0. The second kappa shape index (κ2) is 5.64. The summed E-state index contributed by atoms with van der Waals surface area (Å²) in [5, 5.41) is 3.32. The molecule has 0 radical (unpaired) electrons. The molecule has 1 N–H and O–H groups in total. The molecule has 1 saturated heterocycles. The summed E-state index contributed by atoms with van der Waals surface area (Å²) < 4.78 is 5.28. The van der Waals surface area contributed by atoms with Crippen LogP contribution < -0.4 is 5.32 Å². The average Bonchev–Trinajstić information content (AvgIpc) is 2.28. The third-order valence-electron chi connectivity index (χ3n) is 3.34. The summed E-state index contributed by atoms with van der Waals surface area (Å²) in [6.07, 6.45) is 2.69. The lowest BCUT2D eigenvalue weighted by Gasteiger charge is -2.33. The lowest BCUT2D eigenvalue weighted by atomic mass is 10.0. The van der Waals surface area contributed by atoms with Crippen molar-refractivity contribution in [1.82, 2.24) is 10.2 Å². The van der Waals surface area contributed by atoms with Gasteiger partial charge in [-0.05, 0) is 33.2 Å². The number of hydrogen-bond acceptors (Lipinski definition) is 3. The van der Waals surface area contributed by atoms with Gasteiger partial charge in [-0.2, -0.15) is 0 Å². The Hall–Kier alpha value is -0.610. The predicted octanol–water partition coefficient (Wildman–Crippen LogP) is 1.01. The second-order valence-electron chi connectivity index (χ2n) is 5.15. The molecule has 94 valence electrons. The lowest BCUT2D eigenvalue weighted by Crippen LogP contribution is -2.48. The van der Waals surface area contributed by atoms with Crippen molar-refractivity contribution in [3.63, 3.8) is 0 Å². The van der Waals surface area contributed by atoms with Crippen molar-refractivity contribution in [2.24, 2.45) is 0 Å². The van der Waals surface area contributed by atoms with Gasteiger partial charge in [-0.15, -0.1) is 0 Å². The molecule has 0 aromatic rings. The quantitative estimate of drug-likeness (QED) is 0.781. The van der Waals surface area contributed by atoms with Gasteiger partial charge in [0.25, 0.3) is 0 Å². The second-order valence-corrected chi connectivity index (χ2v) is 5.15. The molecule has 0 bridgehead atoms. The molecule has 1 aliphatic heterocycles. The van der Waals surface area contributed by atoms with Gasteiger partial charge in [0.2, 0.25) is 5.91 Å². The van der Waals surface area contributed by atoms with E-state index in [0.29, 0.717) is 12.5 Å². The largest absolute Gasteiger partial charge is 0.378 e. The molecule has 1 heterocycles. The van der Waals surface area contributed by atoms with Gasteiger partial charge < -0.3 is 15.0 Å². The van der Waals surface area contributed by atoms with Crippen LogP contribution in [0.3, 0.4) is 0 Å². The molecule has 1 aliphatic rings. The van der Waals surface area contributed by atoms with E-state index in [1.807, 2.05) is 25.8 Å². The van der Waals surface area contributed by atoms with E-state index in [1.165, 1.54) is 0 Å². The number of methoxy groups -OCH3 is 1. The van der Waals surface area contributed by atoms with Crippen molar-refractivity contribution >= 4 is 5.91 Å². The van der Waals surface area contributed by atoms with Crippen molar-refractivity contribution in [3.05, 3.63) is 0 Å². The van der Waals surface area contributed by atoms with Crippen molar-refractivity contribution in [2.45, 2.75) is 44.8 Å². The van der Waals surface area contributed by atoms with Crippen LogP contribution in [0.2, 0.25) is 0 Å². The topological polar surface area (TPSA) is 41.6 Å².